The Labute approximate surface area is 127 Å². The molecule has 1 N–H and O–H groups in total. The molecule has 0 spiro atoms. The first-order valence-corrected chi connectivity index (χ1v) is 8.16. The number of hydrogen-bond donors (Lipinski definition) is 1. The van der Waals surface area contributed by atoms with E-state index in [9.17, 15) is 19.3 Å². The lowest BCUT2D eigenvalue weighted by molar-refractivity contribution is -0.384. The molecule has 0 aromatic heterocycles. The Balaban J connectivity index is 2.41. The van der Waals surface area contributed by atoms with Crippen LogP contribution < -0.4 is 5.32 Å². The van der Waals surface area contributed by atoms with Gasteiger partial charge in [0.2, 0.25) is 0 Å². The molecular weight excluding hydrogens is 295 g/mol. The van der Waals surface area contributed by atoms with E-state index in [2.05, 4.69) is 11.6 Å². The average Bonchev–Trinajstić information content (AvgIpc) is 2.46. The number of nitrogens with zero attached hydrogens (tertiary/aromatic N) is 1. The van der Waals surface area contributed by atoms with Gasteiger partial charge in [-0.25, -0.2) is 4.39 Å². The number of carbonyl (C=O) groups excluding carboxylic acids is 1. The highest BCUT2D eigenvalue weighted by atomic mass is 32.2. The van der Waals surface area contributed by atoms with Crippen molar-refractivity contribution in [2.24, 2.45) is 0 Å². The zero-order valence-corrected chi connectivity index (χ0v) is 12.7. The van der Waals surface area contributed by atoms with Crippen LogP contribution in [-0.2, 0) is 0 Å². The second kappa shape index (κ2) is 9.33. The van der Waals surface area contributed by atoms with E-state index in [1.165, 1.54) is 0 Å². The van der Waals surface area contributed by atoms with Gasteiger partial charge in [-0.3, -0.25) is 14.9 Å². The molecule has 0 atom stereocenters. The van der Waals surface area contributed by atoms with Gasteiger partial charge in [-0.05, 0) is 30.9 Å². The van der Waals surface area contributed by atoms with Crippen molar-refractivity contribution in [2.45, 2.75) is 25.7 Å². The molecule has 0 aliphatic rings. The molecule has 0 saturated carbocycles. The van der Waals surface area contributed by atoms with Crippen LogP contribution in [0.15, 0.2) is 18.2 Å². The van der Waals surface area contributed by atoms with Crippen LogP contribution in [-0.4, -0.2) is 29.4 Å². The highest BCUT2D eigenvalue weighted by Gasteiger charge is 2.16. The van der Waals surface area contributed by atoms with E-state index in [0.717, 1.165) is 49.6 Å². The molecule has 0 fully saturated rings. The van der Waals surface area contributed by atoms with E-state index < -0.39 is 16.6 Å². The van der Waals surface area contributed by atoms with Gasteiger partial charge in [-0.1, -0.05) is 12.8 Å². The number of thioether (sulfide) groups is 1. The molecule has 1 aromatic rings. The summed E-state index contributed by atoms with van der Waals surface area (Å²) < 4.78 is 13.5. The number of halogens is 1. The summed E-state index contributed by atoms with van der Waals surface area (Å²) in [6.45, 7) is 0.445. The van der Waals surface area contributed by atoms with E-state index in [4.69, 9.17) is 0 Å². The fourth-order valence-electron chi connectivity index (χ4n) is 1.82. The summed E-state index contributed by atoms with van der Waals surface area (Å²) in [5.41, 5.74) is -0.579. The molecule has 1 amide bonds. The lowest BCUT2D eigenvalue weighted by Gasteiger charge is -2.06. The van der Waals surface area contributed by atoms with E-state index in [0.29, 0.717) is 6.54 Å². The fourth-order valence-corrected chi connectivity index (χ4v) is 2.32. The molecule has 0 aliphatic heterocycles. The zero-order valence-electron chi connectivity index (χ0n) is 11.9. The van der Waals surface area contributed by atoms with Gasteiger partial charge >= 0.3 is 0 Å². The highest BCUT2D eigenvalue weighted by Crippen LogP contribution is 2.16. The Morgan fingerprint density at radius 1 is 1.33 bits per heavy atom. The van der Waals surface area contributed by atoms with Gasteiger partial charge in [-0.15, -0.1) is 0 Å². The fraction of sp³-hybridized carbons (Fsp3) is 0.500. The van der Waals surface area contributed by atoms with Crippen molar-refractivity contribution in [1.29, 1.82) is 0 Å². The van der Waals surface area contributed by atoms with E-state index in [1.807, 2.05) is 0 Å². The summed E-state index contributed by atoms with van der Waals surface area (Å²) >= 11 is 1.81. The van der Waals surface area contributed by atoms with Gasteiger partial charge in [0.15, 0.2) is 0 Å². The van der Waals surface area contributed by atoms with Gasteiger partial charge in [0, 0.05) is 18.7 Å². The number of carbonyl (C=O) groups is 1. The Morgan fingerprint density at radius 3 is 2.71 bits per heavy atom. The number of amides is 1. The smallest absolute Gasteiger partial charge is 0.270 e. The average molecular weight is 314 g/mol. The van der Waals surface area contributed by atoms with Gasteiger partial charge < -0.3 is 5.32 Å². The molecule has 0 heterocycles. The maximum Gasteiger partial charge on any atom is 0.270 e. The molecule has 1 aromatic carbocycles. The number of nitrogens with one attached hydrogen (secondary N) is 1. The monoisotopic (exact) mass is 314 g/mol. The predicted octanol–water partition coefficient (Wildman–Crippen LogP) is 3.39. The first kappa shape index (κ1) is 17.4. The van der Waals surface area contributed by atoms with Gasteiger partial charge in [0.05, 0.1) is 10.5 Å². The molecule has 116 valence electrons. The van der Waals surface area contributed by atoms with Crippen LogP contribution in [0.5, 0.6) is 0 Å². The molecule has 0 radical (unpaired) electrons. The summed E-state index contributed by atoms with van der Waals surface area (Å²) in [5.74, 6) is -0.232. The number of nitro benzene ring substituents is 1. The molecule has 0 bridgehead atoms. The van der Waals surface area contributed by atoms with Gasteiger partial charge in [0.1, 0.15) is 5.82 Å². The van der Waals surface area contributed by atoms with Gasteiger partial charge in [-0.2, -0.15) is 11.8 Å². The maximum absolute atomic E-state index is 13.5. The number of benzene rings is 1. The number of nitro groups is 1. The topological polar surface area (TPSA) is 72.2 Å². The summed E-state index contributed by atoms with van der Waals surface area (Å²) in [5, 5.41) is 13.2. The third-order valence-electron chi connectivity index (χ3n) is 2.97. The molecule has 21 heavy (non-hydrogen) atoms. The van der Waals surface area contributed by atoms with Crippen LogP contribution >= 0.6 is 11.8 Å². The molecule has 7 heteroatoms. The lowest BCUT2D eigenvalue weighted by Crippen LogP contribution is -2.25. The van der Waals surface area contributed by atoms with Crippen molar-refractivity contribution >= 4 is 23.4 Å². The quantitative estimate of drug-likeness (QED) is 0.431. The van der Waals surface area contributed by atoms with Crippen LogP contribution in [0.25, 0.3) is 0 Å². The predicted molar refractivity (Wildman–Crippen MR) is 82.2 cm³/mol. The van der Waals surface area contributed by atoms with Crippen molar-refractivity contribution in [2.75, 3.05) is 18.6 Å². The van der Waals surface area contributed by atoms with E-state index in [-0.39, 0.29) is 11.3 Å². The minimum absolute atomic E-state index is 0.286. The maximum atomic E-state index is 13.5. The van der Waals surface area contributed by atoms with Crippen molar-refractivity contribution in [3.8, 4) is 0 Å². The number of unbranched alkanes of at least 4 members (excludes halogenated alkanes) is 3. The second-order valence-electron chi connectivity index (χ2n) is 4.58. The Bertz CT molecular complexity index is 497. The van der Waals surface area contributed by atoms with Crippen LogP contribution in [0.2, 0.25) is 0 Å². The molecule has 0 saturated heterocycles. The number of hydrogen-bond acceptors (Lipinski definition) is 4. The van der Waals surface area contributed by atoms with Crippen LogP contribution in [0, 0.1) is 15.9 Å². The Kier molecular flexibility index (Phi) is 7.74. The van der Waals surface area contributed by atoms with Crippen molar-refractivity contribution < 1.29 is 14.1 Å². The first-order valence-electron chi connectivity index (χ1n) is 6.77. The van der Waals surface area contributed by atoms with E-state index >= 15 is 0 Å². The van der Waals surface area contributed by atoms with Crippen molar-refractivity contribution in [3.63, 3.8) is 0 Å². The molecule has 5 nitrogen and oxygen atoms in total. The minimum atomic E-state index is -0.752. The van der Waals surface area contributed by atoms with E-state index in [1.54, 1.807) is 11.8 Å². The molecular formula is C14H19FN2O3S. The number of non-ortho nitro benzene ring substituents is 1. The van der Waals surface area contributed by atoms with Crippen molar-refractivity contribution in [3.05, 3.63) is 39.7 Å². The molecule has 0 aliphatic carbocycles. The normalized spacial score (nSPS) is 10.4. The highest BCUT2D eigenvalue weighted by molar-refractivity contribution is 7.98. The Morgan fingerprint density at radius 2 is 2.05 bits per heavy atom. The van der Waals surface area contributed by atoms with Crippen molar-refractivity contribution in [1.82, 2.24) is 5.32 Å². The molecule has 1 rings (SSSR count). The van der Waals surface area contributed by atoms with Crippen LogP contribution in [0.1, 0.15) is 36.0 Å². The summed E-state index contributed by atoms with van der Waals surface area (Å²) in [6.07, 6.45) is 6.12. The third-order valence-corrected chi connectivity index (χ3v) is 3.66. The Hall–Kier alpha value is -1.63. The second-order valence-corrected chi connectivity index (χ2v) is 5.57. The first-order chi connectivity index (χ1) is 10.1. The summed E-state index contributed by atoms with van der Waals surface area (Å²) in [6, 6.07) is 2.94. The SMILES string of the molecule is CSCCCCCCNC(=O)c1cc([N+](=O)[O-])ccc1F. The summed E-state index contributed by atoms with van der Waals surface area (Å²) in [4.78, 5) is 21.8. The molecule has 0 unspecified atom stereocenters. The van der Waals surface area contributed by atoms with Gasteiger partial charge in [0.25, 0.3) is 11.6 Å². The minimum Gasteiger partial charge on any atom is -0.352 e. The lowest BCUT2D eigenvalue weighted by atomic mass is 10.1. The third kappa shape index (κ3) is 6.12. The largest absolute Gasteiger partial charge is 0.352 e. The zero-order chi connectivity index (χ0) is 15.7. The summed E-state index contributed by atoms with van der Waals surface area (Å²) in [7, 11) is 0. The van der Waals surface area contributed by atoms with Crippen LogP contribution in [0.3, 0.4) is 0 Å². The van der Waals surface area contributed by atoms with Crippen LogP contribution in [0.4, 0.5) is 10.1 Å². The standard InChI is InChI=1S/C14H19FN2O3S/c1-21-9-5-3-2-4-8-16-14(18)12-10-11(17(19)20)6-7-13(12)15/h6-7,10H,2-5,8-9H2,1H3,(H,16,18). The number of rotatable bonds is 9.